The van der Waals surface area contributed by atoms with Crippen LogP contribution in [0.4, 0.5) is 5.69 Å². The van der Waals surface area contributed by atoms with Crippen LogP contribution in [0, 0.1) is 0 Å². The molecule has 0 spiro atoms. The number of hydrogen-bond donors (Lipinski definition) is 2. The summed E-state index contributed by atoms with van der Waals surface area (Å²) in [6.07, 6.45) is 3.65. The lowest BCUT2D eigenvalue weighted by Gasteiger charge is -2.39. The van der Waals surface area contributed by atoms with E-state index in [2.05, 4.69) is 5.32 Å². The zero-order valence-electron chi connectivity index (χ0n) is 22.4. The maximum absolute atomic E-state index is 13.9. The van der Waals surface area contributed by atoms with Crippen molar-refractivity contribution in [3.63, 3.8) is 0 Å². The maximum Gasteiger partial charge on any atom is 0.255 e. The number of carbonyl (C=O) groups excluding carboxylic acids is 2. The van der Waals surface area contributed by atoms with E-state index in [0.29, 0.717) is 44.6 Å². The van der Waals surface area contributed by atoms with Gasteiger partial charge in [0, 0.05) is 40.5 Å². The average Bonchev–Trinajstić information content (AvgIpc) is 2.97. The normalized spacial score (nSPS) is 16.7. The quantitative estimate of drug-likeness (QED) is 0.362. The monoisotopic (exact) mass is 551 g/mol. The number of halogens is 1. The van der Waals surface area contributed by atoms with Crippen LogP contribution in [0.2, 0.25) is 5.02 Å². The number of benzene rings is 3. The van der Waals surface area contributed by atoms with Gasteiger partial charge in [0.25, 0.3) is 11.8 Å². The van der Waals surface area contributed by atoms with Crippen LogP contribution in [-0.2, 0) is 6.54 Å². The number of carbonyl (C=O) groups is 2. The van der Waals surface area contributed by atoms with Crippen LogP contribution in [0.1, 0.15) is 52.0 Å². The van der Waals surface area contributed by atoms with Crippen molar-refractivity contribution in [3.05, 3.63) is 82.4 Å². The highest BCUT2D eigenvalue weighted by Crippen LogP contribution is 2.32. The first-order chi connectivity index (χ1) is 18.8. The van der Waals surface area contributed by atoms with E-state index in [-0.39, 0.29) is 30.4 Å². The van der Waals surface area contributed by atoms with Gasteiger partial charge in [-0.3, -0.25) is 9.59 Å². The Labute approximate surface area is 234 Å². The topological polar surface area (TPSA) is 103 Å². The second-order valence-corrected chi connectivity index (χ2v) is 9.92. The summed E-state index contributed by atoms with van der Waals surface area (Å²) in [6, 6.07) is 17.0. The summed E-state index contributed by atoms with van der Waals surface area (Å²) in [4.78, 5) is 28.6. The average molecular weight is 552 g/mol. The lowest BCUT2D eigenvalue weighted by Crippen LogP contribution is -2.51. The molecule has 0 saturated heterocycles. The fraction of sp³-hybridized carbons (Fsp3) is 0.333. The van der Waals surface area contributed by atoms with Crippen molar-refractivity contribution in [1.29, 1.82) is 0 Å². The molecule has 1 aliphatic rings. The molecule has 206 valence electrons. The smallest absolute Gasteiger partial charge is 0.255 e. The number of anilines is 1. The van der Waals surface area contributed by atoms with Crippen LogP contribution in [-0.4, -0.2) is 50.1 Å². The summed E-state index contributed by atoms with van der Waals surface area (Å²) < 4.78 is 16.0. The van der Waals surface area contributed by atoms with Crippen LogP contribution in [0.5, 0.6) is 17.2 Å². The Kier molecular flexibility index (Phi) is 9.32. The van der Waals surface area contributed by atoms with Gasteiger partial charge in [0.05, 0.1) is 21.3 Å². The van der Waals surface area contributed by atoms with E-state index in [1.165, 1.54) is 7.11 Å². The summed E-state index contributed by atoms with van der Waals surface area (Å²) in [5, 5.41) is 3.41. The highest BCUT2D eigenvalue weighted by molar-refractivity contribution is 6.31. The highest BCUT2D eigenvalue weighted by Gasteiger charge is 2.32. The first kappa shape index (κ1) is 28.3. The largest absolute Gasteiger partial charge is 0.497 e. The van der Waals surface area contributed by atoms with Crippen molar-refractivity contribution < 1.29 is 23.8 Å². The lowest BCUT2D eigenvalue weighted by molar-refractivity contribution is 0.0583. The fourth-order valence-corrected chi connectivity index (χ4v) is 5.10. The zero-order chi connectivity index (χ0) is 27.9. The van der Waals surface area contributed by atoms with Crippen molar-refractivity contribution >= 4 is 29.1 Å². The van der Waals surface area contributed by atoms with Gasteiger partial charge in [-0.1, -0.05) is 30.5 Å². The van der Waals surface area contributed by atoms with Gasteiger partial charge in [-0.15, -0.1) is 0 Å². The lowest BCUT2D eigenvalue weighted by atomic mass is 9.89. The van der Waals surface area contributed by atoms with E-state index in [4.69, 9.17) is 31.5 Å². The Morgan fingerprint density at radius 1 is 0.923 bits per heavy atom. The predicted molar refractivity (Wildman–Crippen MR) is 152 cm³/mol. The molecule has 0 aromatic heterocycles. The van der Waals surface area contributed by atoms with Crippen molar-refractivity contribution in [2.24, 2.45) is 5.73 Å². The van der Waals surface area contributed by atoms with E-state index in [1.807, 2.05) is 0 Å². The standard InChI is InChI=1S/C30H34ClN3O5/c1-37-23-8-6-7-19(16-23)29(35)33-22-12-13-24(31)21(15-22)18-34(26-10-5-4-9-25(26)32)30(36)20-11-14-27(38-2)28(17-20)39-3/h6-8,11-17,25-26H,4-5,9-10,18,32H2,1-3H3,(H,33,35). The molecule has 39 heavy (non-hydrogen) atoms. The zero-order valence-corrected chi connectivity index (χ0v) is 23.2. The number of ether oxygens (including phenoxy) is 3. The molecule has 4 rings (SSSR count). The van der Waals surface area contributed by atoms with E-state index < -0.39 is 0 Å². The SMILES string of the molecule is COc1cccc(C(=O)Nc2ccc(Cl)c(CN(C(=O)c3ccc(OC)c(OC)c3)C3CCCCC3N)c2)c1. The molecule has 0 aliphatic heterocycles. The molecule has 1 fully saturated rings. The summed E-state index contributed by atoms with van der Waals surface area (Å²) in [6.45, 7) is 0.229. The van der Waals surface area contributed by atoms with Crippen molar-refractivity contribution in [2.75, 3.05) is 26.6 Å². The molecular weight excluding hydrogens is 518 g/mol. The summed E-state index contributed by atoms with van der Waals surface area (Å²) in [5.41, 5.74) is 8.72. The first-order valence-electron chi connectivity index (χ1n) is 12.9. The van der Waals surface area contributed by atoms with Crippen LogP contribution < -0.4 is 25.3 Å². The molecule has 2 atom stereocenters. The van der Waals surface area contributed by atoms with E-state index in [1.54, 1.807) is 79.8 Å². The van der Waals surface area contributed by atoms with Crippen molar-refractivity contribution in [3.8, 4) is 17.2 Å². The number of nitrogens with zero attached hydrogens (tertiary/aromatic N) is 1. The first-order valence-corrected chi connectivity index (χ1v) is 13.2. The number of amides is 2. The minimum Gasteiger partial charge on any atom is -0.497 e. The Balaban J connectivity index is 1.63. The maximum atomic E-state index is 13.9. The van der Waals surface area contributed by atoms with Crippen molar-refractivity contribution in [2.45, 2.75) is 44.3 Å². The van der Waals surface area contributed by atoms with Gasteiger partial charge in [-0.05, 0) is 73.0 Å². The molecule has 3 N–H and O–H groups in total. The van der Waals surface area contributed by atoms with E-state index in [0.717, 1.165) is 25.7 Å². The van der Waals surface area contributed by atoms with Gasteiger partial charge in [0.15, 0.2) is 11.5 Å². The molecule has 1 aliphatic carbocycles. The molecule has 9 heteroatoms. The molecule has 3 aromatic rings. The Morgan fingerprint density at radius 2 is 1.69 bits per heavy atom. The molecule has 3 aromatic carbocycles. The fourth-order valence-electron chi connectivity index (χ4n) is 4.93. The molecule has 0 heterocycles. The Bertz CT molecular complexity index is 1330. The van der Waals surface area contributed by atoms with Crippen LogP contribution in [0.25, 0.3) is 0 Å². The van der Waals surface area contributed by atoms with E-state index >= 15 is 0 Å². The number of nitrogens with one attached hydrogen (secondary N) is 1. The van der Waals surface area contributed by atoms with Crippen molar-refractivity contribution in [1.82, 2.24) is 4.90 Å². The summed E-state index contributed by atoms with van der Waals surface area (Å²) in [5.74, 6) is 1.14. The van der Waals surface area contributed by atoms with Gasteiger partial charge in [0.1, 0.15) is 5.75 Å². The minimum atomic E-state index is -0.283. The number of methoxy groups -OCH3 is 3. The Morgan fingerprint density at radius 3 is 2.41 bits per heavy atom. The van der Waals surface area contributed by atoms with Gasteiger partial charge >= 0.3 is 0 Å². The third-order valence-corrected chi connectivity index (χ3v) is 7.42. The predicted octanol–water partition coefficient (Wildman–Crippen LogP) is 5.53. The minimum absolute atomic E-state index is 0.155. The molecule has 0 bridgehead atoms. The van der Waals surface area contributed by atoms with Gasteiger partial charge < -0.3 is 30.2 Å². The second-order valence-electron chi connectivity index (χ2n) is 9.51. The van der Waals surface area contributed by atoms with E-state index in [9.17, 15) is 9.59 Å². The van der Waals surface area contributed by atoms with Crippen LogP contribution in [0.15, 0.2) is 60.7 Å². The second kappa shape index (κ2) is 12.9. The summed E-state index contributed by atoms with van der Waals surface area (Å²) in [7, 11) is 4.64. The molecule has 0 radical (unpaired) electrons. The third kappa shape index (κ3) is 6.64. The summed E-state index contributed by atoms with van der Waals surface area (Å²) >= 11 is 6.61. The van der Waals surface area contributed by atoms with Gasteiger partial charge in [0.2, 0.25) is 0 Å². The van der Waals surface area contributed by atoms with Gasteiger partial charge in [-0.25, -0.2) is 0 Å². The number of rotatable bonds is 9. The van der Waals surface area contributed by atoms with Gasteiger partial charge in [-0.2, -0.15) is 0 Å². The molecule has 8 nitrogen and oxygen atoms in total. The highest BCUT2D eigenvalue weighted by atomic mass is 35.5. The van der Waals surface area contributed by atoms with Crippen LogP contribution >= 0.6 is 11.6 Å². The molecule has 2 amide bonds. The molecule has 1 saturated carbocycles. The molecule has 2 unspecified atom stereocenters. The number of nitrogens with two attached hydrogens (primary N) is 1. The third-order valence-electron chi connectivity index (χ3n) is 7.05. The Hall–Kier alpha value is -3.75. The number of hydrogen-bond acceptors (Lipinski definition) is 6. The van der Waals surface area contributed by atoms with Crippen LogP contribution in [0.3, 0.4) is 0 Å². The molecular formula is C30H34ClN3O5.